The summed E-state index contributed by atoms with van der Waals surface area (Å²) in [5.74, 6) is 0. The molecule has 1 aromatic carbocycles. The van der Waals surface area contributed by atoms with Crippen molar-refractivity contribution in [3.63, 3.8) is 0 Å². The Balaban J connectivity index is 2.60. The molecule has 0 aliphatic heterocycles. The largest absolute Gasteiger partial charge is 0.291 e. The molecule has 0 atom stereocenters. The van der Waals surface area contributed by atoms with E-state index in [9.17, 15) is 4.79 Å². The van der Waals surface area contributed by atoms with Gasteiger partial charge in [-0.05, 0) is 18.2 Å². The molecule has 3 aromatic rings. The van der Waals surface area contributed by atoms with Crippen LogP contribution in [-0.2, 0) is 0 Å². The van der Waals surface area contributed by atoms with Crippen molar-refractivity contribution in [1.82, 2.24) is 14.6 Å². The maximum absolute atomic E-state index is 11.0. The summed E-state index contributed by atoms with van der Waals surface area (Å²) in [5.41, 5.74) is 1.20. The van der Waals surface area contributed by atoms with Gasteiger partial charge in [-0.15, -0.1) is 0 Å². The minimum absolute atomic E-state index is 0.315. The fourth-order valence-electron chi connectivity index (χ4n) is 1.63. The lowest BCUT2D eigenvalue weighted by molar-refractivity contribution is 0.912. The first-order valence-corrected chi connectivity index (χ1v) is 4.58. The zero-order valence-electron chi connectivity index (χ0n) is 7.79. The summed E-state index contributed by atoms with van der Waals surface area (Å²) in [7, 11) is 0. The molecule has 3 rings (SSSR count). The summed E-state index contributed by atoms with van der Waals surface area (Å²) in [6, 6.07) is 11.6. The summed E-state index contributed by atoms with van der Waals surface area (Å²) in [4.78, 5) is 14.9. The van der Waals surface area contributed by atoms with E-state index < -0.39 is 0 Å². The van der Waals surface area contributed by atoms with Gasteiger partial charge in [-0.1, -0.05) is 18.2 Å². The summed E-state index contributed by atoms with van der Waals surface area (Å²) in [6.45, 7) is 0. The highest BCUT2D eigenvalue weighted by Gasteiger charge is 1.99. The highest BCUT2D eigenvalue weighted by Crippen LogP contribution is 2.13. The molecule has 4 heteroatoms. The van der Waals surface area contributed by atoms with Gasteiger partial charge in [0.2, 0.25) is 0 Å². The molecule has 4 nitrogen and oxygen atoms in total. The molecule has 72 valence electrons. The smallest absolute Gasteiger partial charge is 0.266 e. The van der Waals surface area contributed by atoms with E-state index in [0.29, 0.717) is 5.65 Å². The fourth-order valence-corrected chi connectivity index (χ4v) is 1.63. The van der Waals surface area contributed by atoms with Crippen molar-refractivity contribution in [1.29, 1.82) is 0 Å². The molecule has 0 amide bonds. The lowest BCUT2D eigenvalue weighted by Crippen LogP contribution is -2.10. The van der Waals surface area contributed by atoms with E-state index in [-0.39, 0.29) is 5.56 Å². The quantitative estimate of drug-likeness (QED) is 0.509. The van der Waals surface area contributed by atoms with Crippen LogP contribution in [0.25, 0.3) is 16.6 Å². The molecule has 2 aromatic heterocycles. The van der Waals surface area contributed by atoms with Crippen molar-refractivity contribution in [2.45, 2.75) is 0 Å². The van der Waals surface area contributed by atoms with Gasteiger partial charge in [-0.2, -0.15) is 10.1 Å². The average Bonchev–Trinajstić information content (AvgIpc) is 2.28. The van der Waals surface area contributed by atoms with E-state index in [1.54, 1.807) is 10.6 Å². The van der Waals surface area contributed by atoms with Crippen LogP contribution in [0.1, 0.15) is 0 Å². The monoisotopic (exact) mass is 197 g/mol. The fraction of sp³-hybridized carbons (Fsp3) is 0. The number of hydrogen-bond acceptors (Lipinski definition) is 3. The zero-order chi connectivity index (χ0) is 10.3. The molecule has 0 saturated carbocycles. The Labute approximate surface area is 84.8 Å². The van der Waals surface area contributed by atoms with E-state index in [0.717, 1.165) is 10.9 Å². The van der Waals surface area contributed by atoms with Crippen LogP contribution in [0.2, 0.25) is 0 Å². The second kappa shape index (κ2) is 2.88. The van der Waals surface area contributed by atoms with Crippen LogP contribution >= 0.6 is 0 Å². The zero-order valence-corrected chi connectivity index (χ0v) is 7.79. The Morgan fingerprint density at radius 2 is 1.93 bits per heavy atom. The Bertz CT molecular complexity index is 703. The number of fused-ring (bicyclic) bond motifs is 3. The standard InChI is InChI=1S/C11H7N3O/c15-11-7-12-14-9-4-2-1-3-8(9)5-6-10(14)13-11/h1-7H. The van der Waals surface area contributed by atoms with E-state index in [1.165, 1.54) is 6.20 Å². The highest BCUT2D eigenvalue weighted by molar-refractivity contribution is 5.81. The molecular weight excluding hydrogens is 190 g/mol. The Morgan fingerprint density at radius 1 is 1.07 bits per heavy atom. The third-order valence-electron chi connectivity index (χ3n) is 2.30. The van der Waals surface area contributed by atoms with E-state index in [4.69, 9.17) is 0 Å². The molecule has 0 spiro atoms. The first kappa shape index (κ1) is 8.11. The molecule has 0 N–H and O–H groups in total. The van der Waals surface area contributed by atoms with Crippen LogP contribution in [0, 0.1) is 0 Å². The van der Waals surface area contributed by atoms with Gasteiger partial charge in [0.25, 0.3) is 5.56 Å². The number of benzene rings is 1. The third-order valence-corrected chi connectivity index (χ3v) is 2.30. The molecule has 0 aliphatic rings. The van der Waals surface area contributed by atoms with Gasteiger partial charge in [-0.25, -0.2) is 4.52 Å². The highest BCUT2D eigenvalue weighted by atomic mass is 16.1. The lowest BCUT2D eigenvalue weighted by Gasteiger charge is -2.02. The van der Waals surface area contributed by atoms with Crippen molar-refractivity contribution in [2.24, 2.45) is 0 Å². The molecule has 0 fully saturated rings. The number of aromatic nitrogens is 3. The molecule has 0 unspecified atom stereocenters. The van der Waals surface area contributed by atoms with Gasteiger partial charge in [0.15, 0.2) is 5.65 Å². The lowest BCUT2D eigenvalue weighted by atomic mass is 10.2. The average molecular weight is 197 g/mol. The topological polar surface area (TPSA) is 47.3 Å². The van der Waals surface area contributed by atoms with Crippen molar-refractivity contribution >= 4 is 16.6 Å². The van der Waals surface area contributed by atoms with Crippen LogP contribution in [0.5, 0.6) is 0 Å². The molecule has 0 saturated heterocycles. The van der Waals surface area contributed by atoms with Crippen molar-refractivity contribution in [2.75, 3.05) is 0 Å². The van der Waals surface area contributed by atoms with E-state index >= 15 is 0 Å². The van der Waals surface area contributed by atoms with Crippen LogP contribution in [-0.4, -0.2) is 14.6 Å². The van der Waals surface area contributed by atoms with Gasteiger partial charge >= 0.3 is 0 Å². The van der Waals surface area contributed by atoms with Crippen molar-refractivity contribution in [3.05, 3.63) is 52.9 Å². The number of para-hydroxylation sites is 1. The summed E-state index contributed by atoms with van der Waals surface area (Å²) >= 11 is 0. The van der Waals surface area contributed by atoms with Gasteiger partial charge in [0, 0.05) is 5.39 Å². The van der Waals surface area contributed by atoms with Gasteiger partial charge in [0.1, 0.15) is 6.20 Å². The molecular formula is C11H7N3O. The minimum atomic E-state index is -0.315. The summed E-state index contributed by atoms with van der Waals surface area (Å²) in [5, 5.41) is 5.12. The number of hydrogen-bond donors (Lipinski definition) is 0. The van der Waals surface area contributed by atoms with Crippen LogP contribution in [0.4, 0.5) is 0 Å². The number of pyridine rings is 1. The molecule has 15 heavy (non-hydrogen) atoms. The molecule has 0 aliphatic carbocycles. The summed E-state index contributed by atoms with van der Waals surface area (Å²) < 4.78 is 1.66. The predicted octanol–water partition coefficient (Wildman–Crippen LogP) is 1.24. The maximum atomic E-state index is 11.0. The van der Waals surface area contributed by atoms with Crippen molar-refractivity contribution in [3.8, 4) is 0 Å². The maximum Gasteiger partial charge on any atom is 0.291 e. The van der Waals surface area contributed by atoms with Crippen LogP contribution < -0.4 is 5.56 Å². The minimum Gasteiger partial charge on any atom is -0.266 e. The Kier molecular flexibility index (Phi) is 1.56. The Hall–Kier alpha value is -2.23. The normalized spacial score (nSPS) is 10.9. The second-order valence-corrected chi connectivity index (χ2v) is 3.26. The van der Waals surface area contributed by atoms with E-state index in [2.05, 4.69) is 10.1 Å². The summed E-state index contributed by atoms with van der Waals surface area (Å²) in [6.07, 6.45) is 1.22. The second-order valence-electron chi connectivity index (χ2n) is 3.26. The van der Waals surface area contributed by atoms with Crippen LogP contribution in [0.15, 0.2) is 47.4 Å². The van der Waals surface area contributed by atoms with Crippen LogP contribution in [0.3, 0.4) is 0 Å². The predicted molar refractivity (Wildman–Crippen MR) is 56.8 cm³/mol. The molecule has 0 radical (unpaired) electrons. The van der Waals surface area contributed by atoms with Gasteiger partial charge in [-0.3, -0.25) is 4.79 Å². The SMILES string of the molecule is O=c1cnn2c(ccc3ccccc32)n1. The van der Waals surface area contributed by atoms with Gasteiger partial charge in [0.05, 0.1) is 5.52 Å². The molecule has 2 heterocycles. The number of rotatable bonds is 0. The Morgan fingerprint density at radius 3 is 2.87 bits per heavy atom. The third kappa shape index (κ3) is 1.19. The first-order chi connectivity index (χ1) is 7.34. The van der Waals surface area contributed by atoms with E-state index in [1.807, 2.05) is 30.3 Å². The number of nitrogens with zero attached hydrogens (tertiary/aromatic N) is 3. The molecule has 0 bridgehead atoms. The first-order valence-electron chi connectivity index (χ1n) is 4.58. The van der Waals surface area contributed by atoms with Gasteiger partial charge < -0.3 is 0 Å². The van der Waals surface area contributed by atoms with Crippen molar-refractivity contribution < 1.29 is 0 Å².